The molecule has 0 saturated heterocycles. The van der Waals surface area contributed by atoms with Gasteiger partial charge in [-0.15, -0.1) is 0 Å². The summed E-state index contributed by atoms with van der Waals surface area (Å²) in [5, 5.41) is 6.04. The lowest BCUT2D eigenvalue weighted by atomic mass is 9.95. The van der Waals surface area contributed by atoms with Crippen LogP contribution in [0.1, 0.15) is 73.4 Å². The van der Waals surface area contributed by atoms with Gasteiger partial charge in [-0.1, -0.05) is 48.5 Å². The Labute approximate surface area is 241 Å². The molecule has 7 nitrogen and oxygen atoms in total. The van der Waals surface area contributed by atoms with Gasteiger partial charge in [-0.05, 0) is 89.3 Å². The molecule has 0 unspecified atom stereocenters. The van der Waals surface area contributed by atoms with Crippen LogP contribution in [-0.4, -0.2) is 32.4 Å². The predicted molar refractivity (Wildman–Crippen MR) is 165 cm³/mol. The molecule has 0 spiro atoms. The van der Waals surface area contributed by atoms with Crippen LogP contribution < -0.4 is 16.2 Å². The maximum Gasteiger partial charge on any atom is 0.256 e. The van der Waals surface area contributed by atoms with Gasteiger partial charge in [-0.25, -0.2) is 4.98 Å². The van der Waals surface area contributed by atoms with Crippen LogP contribution in [0, 0.1) is 13.8 Å². The average Bonchev–Trinajstić information content (AvgIpc) is 2.87. The summed E-state index contributed by atoms with van der Waals surface area (Å²) in [5.41, 5.74) is 4.24. The van der Waals surface area contributed by atoms with Crippen molar-refractivity contribution >= 4 is 11.8 Å². The number of pyridine rings is 2. The van der Waals surface area contributed by atoms with Crippen molar-refractivity contribution in [3.63, 3.8) is 0 Å². The van der Waals surface area contributed by atoms with Crippen molar-refractivity contribution in [2.75, 3.05) is 0 Å². The van der Waals surface area contributed by atoms with E-state index in [1.807, 2.05) is 104 Å². The number of carbonyl (C=O) groups excluding carboxylic acids is 2. The van der Waals surface area contributed by atoms with Gasteiger partial charge in [-0.2, -0.15) is 0 Å². The van der Waals surface area contributed by atoms with Crippen LogP contribution in [0.25, 0.3) is 28.1 Å². The highest BCUT2D eigenvalue weighted by Crippen LogP contribution is 2.30. The van der Waals surface area contributed by atoms with Crippen molar-refractivity contribution in [2.45, 2.75) is 66.5 Å². The smallest absolute Gasteiger partial charge is 0.256 e. The number of nitrogens with one attached hydrogen (secondary N) is 2. The van der Waals surface area contributed by atoms with E-state index >= 15 is 0 Å². The van der Waals surface area contributed by atoms with Crippen LogP contribution in [0.2, 0.25) is 0 Å². The Morgan fingerprint density at radius 2 is 1.15 bits per heavy atom. The Morgan fingerprint density at radius 3 is 1.63 bits per heavy atom. The molecule has 0 bridgehead atoms. The summed E-state index contributed by atoms with van der Waals surface area (Å²) in [6, 6.07) is 18.6. The van der Waals surface area contributed by atoms with Gasteiger partial charge in [0.1, 0.15) is 5.82 Å². The summed E-state index contributed by atoms with van der Waals surface area (Å²) in [5.74, 6) is -0.256. The molecule has 0 radical (unpaired) electrons. The summed E-state index contributed by atoms with van der Waals surface area (Å²) in [6.07, 6.45) is 3.04. The predicted octanol–water partition coefficient (Wildman–Crippen LogP) is 6.24. The largest absolute Gasteiger partial charge is 0.347 e. The molecule has 7 heteroatoms. The van der Waals surface area contributed by atoms with Crippen molar-refractivity contribution in [3.8, 4) is 28.1 Å². The molecule has 0 atom stereocenters. The fourth-order valence-electron chi connectivity index (χ4n) is 4.66. The van der Waals surface area contributed by atoms with Gasteiger partial charge in [-0.3, -0.25) is 19.0 Å². The molecule has 212 valence electrons. The average molecular weight is 551 g/mol. The first kappa shape index (κ1) is 29.5. The summed E-state index contributed by atoms with van der Waals surface area (Å²) in [7, 11) is 0. The standard InChI is InChI=1S/C34H38N4O3/c1-21-13-9-11-15-23(21)25-17-29(35-19-27(25)31(40)36-33(3,4)5)38-20-28(32(41)37-34(6,7)8)26(18-30(38)39)24-16-12-10-14-22(24)2/h9-20H,1-8H3,(H,36,40)(H,37,41). The van der Waals surface area contributed by atoms with Gasteiger partial charge in [0.2, 0.25) is 0 Å². The fourth-order valence-corrected chi connectivity index (χ4v) is 4.66. The normalized spacial score (nSPS) is 11.7. The molecule has 0 fully saturated rings. The molecule has 0 saturated carbocycles. The van der Waals surface area contributed by atoms with E-state index in [-0.39, 0.29) is 17.4 Å². The highest BCUT2D eigenvalue weighted by molar-refractivity contribution is 6.02. The Hall–Kier alpha value is -4.52. The van der Waals surface area contributed by atoms with E-state index in [4.69, 9.17) is 0 Å². The summed E-state index contributed by atoms with van der Waals surface area (Å²) in [6.45, 7) is 15.4. The highest BCUT2D eigenvalue weighted by Gasteiger charge is 2.24. The molecule has 41 heavy (non-hydrogen) atoms. The number of hydrogen-bond acceptors (Lipinski definition) is 4. The van der Waals surface area contributed by atoms with Crippen LogP contribution in [0.4, 0.5) is 0 Å². The van der Waals surface area contributed by atoms with Gasteiger partial charge in [0.05, 0.1) is 11.1 Å². The maximum absolute atomic E-state index is 13.6. The zero-order valence-electron chi connectivity index (χ0n) is 25.0. The number of rotatable bonds is 5. The van der Waals surface area contributed by atoms with Crippen LogP contribution in [0.3, 0.4) is 0 Å². The minimum atomic E-state index is -0.487. The SMILES string of the molecule is Cc1ccccc1-c1cc(-n2cc(C(=O)NC(C)(C)C)c(-c3ccccc3C)cc2=O)ncc1C(=O)NC(C)(C)C. The second-order valence-electron chi connectivity index (χ2n) is 12.4. The molecule has 2 aromatic heterocycles. The maximum atomic E-state index is 13.6. The van der Waals surface area contributed by atoms with Gasteiger partial charge < -0.3 is 10.6 Å². The minimum Gasteiger partial charge on any atom is -0.347 e. The van der Waals surface area contributed by atoms with Crippen LogP contribution in [0.15, 0.2) is 77.9 Å². The molecule has 0 aliphatic carbocycles. The third-order valence-electron chi connectivity index (χ3n) is 6.53. The van der Waals surface area contributed by atoms with E-state index in [1.165, 1.54) is 16.8 Å². The summed E-state index contributed by atoms with van der Waals surface area (Å²) in [4.78, 5) is 45.0. The molecule has 4 rings (SSSR count). The zero-order valence-corrected chi connectivity index (χ0v) is 25.0. The molecular formula is C34H38N4O3. The Bertz CT molecular complexity index is 1690. The molecule has 2 N–H and O–H groups in total. The molecule has 0 aliphatic heterocycles. The third-order valence-corrected chi connectivity index (χ3v) is 6.53. The third kappa shape index (κ3) is 6.80. The van der Waals surface area contributed by atoms with Gasteiger partial charge >= 0.3 is 0 Å². The first-order valence-electron chi connectivity index (χ1n) is 13.7. The molecule has 2 aromatic carbocycles. The summed E-state index contributed by atoms with van der Waals surface area (Å²) >= 11 is 0. The van der Waals surface area contributed by atoms with E-state index in [1.54, 1.807) is 12.3 Å². The Morgan fingerprint density at radius 1 is 0.683 bits per heavy atom. The lowest BCUT2D eigenvalue weighted by Crippen LogP contribution is -2.41. The van der Waals surface area contributed by atoms with Gasteiger partial charge in [0, 0.05) is 35.1 Å². The van der Waals surface area contributed by atoms with Gasteiger partial charge in [0.15, 0.2) is 0 Å². The van der Waals surface area contributed by atoms with Crippen LogP contribution >= 0.6 is 0 Å². The van der Waals surface area contributed by atoms with Crippen molar-refractivity contribution in [2.24, 2.45) is 0 Å². The number of amides is 2. The first-order valence-corrected chi connectivity index (χ1v) is 13.7. The molecule has 2 amide bonds. The second kappa shape index (κ2) is 11.2. The summed E-state index contributed by atoms with van der Waals surface area (Å²) < 4.78 is 1.37. The Balaban J connectivity index is 1.96. The minimum absolute atomic E-state index is 0.262. The van der Waals surface area contributed by atoms with E-state index in [0.717, 1.165) is 22.3 Å². The topological polar surface area (TPSA) is 93.1 Å². The number of aromatic nitrogens is 2. The Kier molecular flexibility index (Phi) is 8.02. The lowest BCUT2D eigenvalue weighted by Gasteiger charge is -2.23. The first-order chi connectivity index (χ1) is 19.1. The van der Waals surface area contributed by atoms with Crippen molar-refractivity contribution < 1.29 is 9.59 Å². The highest BCUT2D eigenvalue weighted by atomic mass is 16.2. The van der Waals surface area contributed by atoms with Crippen molar-refractivity contribution in [1.82, 2.24) is 20.2 Å². The van der Waals surface area contributed by atoms with Crippen molar-refractivity contribution in [3.05, 3.63) is 106 Å². The monoisotopic (exact) mass is 550 g/mol. The van der Waals surface area contributed by atoms with Crippen LogP contribution in [-0.2, 0) is 0 Å². The number of benzene rings is 2. The second-order valence-corrected chi connectivity index (χ2v) is 12.4. The number of carbonyl (C=O) groups is 2. The molecule has 2 heterocycles. The van der Waals surface area contributed by atoms with Gasteiger partial charge in [0.25, 0.3) is 17.4 Å². The van der Waals surface area contributed by atoms with E-state index in [0.29, 0.717) is 28.1 Å². The lowest BCUT2D eigenvalue weighted by molar-refractivity contribution is 0.0910. The molecule has 0 aliphatic rings. The fraction of sp³-hybridized carbons (Fsp3) is 0.294. The zero-order chi connectivity index (χ0) is 30.1. The van der Waals surface area contributed by atoms with E-state index < -0.39 is 11.1 Å². The number of aryl methyl sites for hydroxylation is 2. The number of hydrogen-bond donors (Lipinski definition) is 2. The quantitative estimate of drug-likeness (QED) is 0.308. The van der Waals surface area contributed by atoms with E-state index in [9.17, 15) is 14.4 Å². The van der Waals surface area contributed by atoms with Crippen LogP contribution in [0.5, 0.6) is 0 Å². The number of nitrogens with zero attached hydrogens (tertiary/aromatic N) is 2. The molecular weight excluding hydrogens is 512 g/mol. The van der Waals surface area contributed by atoms with E-state index in [2.05, 4.69) is 15.6 Å². The molecule has 4 aromatic rings. The van der Waals surface area contributed by atoms with Crippen molar-refractivity contribution in [1.29, 1.82) is 0 Å².